The van der Waals surface area contributed by atoms with E-state index in [4.69, 9.17) is 9.47 Å². The van der Waals surface area contributed by atoms with Crippen molar-refractivity contribution in [1.82, 2.24) is 5.32 Å². The van der Waals surface area contributed by atoms with E-state index in [1.807, 2.05) is 49.4 Å². The lowest BCUT2D eigenvalue weighted by molar-refractivity contribution is -0.141. The molecule has 0 saturated heterocycles. The van der Waals surface area contributed by atoms with E-state index in [2.05, 4.69) is 5.32 Å². The molecular weight excluding hydrogens is 370 g/mol. The molecule has 1 amide bonds. The van der Waals surface area contributed by atoms with Crippen molar-refractivity contribution in [2.24, 2.45) is 11.8 Å². The Morgan fingerprint density at radius 3 is 2.69 bits per heavy atom. The lowest BCUT2D eigenvalue weighted by atomic mass is 9.98. The number of fused-ring (bicyclic) bond motifs is 1. The second-order valence-electron chi connectivity index (χ2n) is 7.83. The van der Waals surface area contributed by atoms with Gasteiger partial charge in [-0.1, -0.05) is 35.9 Å². The van der Waals surface area contributed by atoms with Crippen LogP contribution in [0.2, 0.25) is 0 Å². The van der Waals surface area contributed by atoms with Crippen molar-refractivity contribution in [2.75, 3.05) is 19.8 Å². The summed E-state index contributed by atoms with van der Waals surface area (Å²) in [6, 6.07) is 13.6. The van der Waals surface area contributed by atoms with Gasteiger partial charge in [-0.05, 0) is 48.9 Å². The van der Waals surface area contributed by atoms with E-state index in [-0.39, 0.29) is 24.3 Å². The summed E-state index contributed by atoms with van der Waals surface area (Å²) in [6.07, 6.45) is 1.16. The van der Waals surface area contributed by atoms with Gasteiger partial charge in [-0.25, -0.2) is 0 Å². The van der Waals surface area contributed by atoms with Crippen molar-refractivity contribution in [2.45, 2.75) is 25.7 Å². The standard InChI is InChI=1S/C23H25NO5/c1-14-3-2-4-15(9-14)10-17(23(26)27)13-24-22(25)19-12-18(19)16-5-6-20-21(11-16)29-8-7-28-20/h2-6,9,11,17-19H,7-8,10,12-13H2,1H3,(H,24,25)(H,26,27). The monoisotopic (exact) mass is 395 g/mol. The molecule has 29 heavy (non-hydrogen) atoms. The van der Waals surface area contributed by atoms with Crippen LogP contribution in [-0.4, -0.2) is 36.7 Å². The Morgan fingerprint density at radius 2 is 1.93 bits per heavy atom. The minimum Gasteiger partial charge on any atom is -0.486 e. The number of carboxylic acids is 1. The molecule has 6 nitrogen and oxygen atoms in total. The van der Waals surface area contributed by atoms with Crippen molar-refractivity contribution < 1.29 is 24.2 Å². The van der Waals surface area contributed by atoms with Gasteiger partial charge in [0.2, 0.25) is 5.91 Å². The molecule has 0 aromatic heterocycles. The molecule has 1 aliphatic carbocycles. The smallest absolute Gasteiger partial charge is 0.308 e. The summed E-state index contributed by atoms with van der Waals surface area (Å²) in [5.41, 5.74) is 3.12. The third kappa shape index (κ3) is 4.53. The predicted octanol–water partition coefficient (Wildman–Crippen LogP) is 2.93. The van der Waals surface area contributed by atoms with Gasteiger partial charge in [0.15, 0.2) is 11.5 Å². The van der Waals surface area contributed by atoms with Crippen LogP contribution < -0.4 is 14.8 Å². The summed E-state index contributed by atoms with van der Waals surface area (Å²) < 4.78 is 11.2. The van der Waals surface area contributed by atoms with Gasteiger partial charge >= 0.3 is 5.97 Å². The highest BCUT2D eigenvalue weighted by Crippen LogP contribution is 2.49. The molecular formula is C23H25NO5. The number of ether oxygens (including phenoxy) is 2. The summed E-state index contributed by atoms with van der Waals surface area (Å²) in [5, 5.41) is 12.4. The average Bonchev–Trinajstić information content (AvgIpc) is 3.51. The second kappa shape index (κ2) is 8.15. The third-order valence-corrected chi connectivity index (χ3v) is 5.56. The highest BCUT2D eigenvalue weighted by molar-refractivity contribution is 5.83. The SMILES string of the molecule is Cc1cccc(CC(CNC(=O)C2CC2c2ccc3c(c2)OCCO3)C(=O)O)c1. The maximum absolute atomic E-state index is 12.6. The van der Waals surface area contributed by atoms with E-state index < -0.39 is 11.9 Å². The number of hydrogen-bond acceptors (Lipinski definition) is 4. The Balaban J connectivity index is 1.33. The first-order chi connectivity index (χ1) is 14.0. The van der Waals surface area contributed by atoms with Crippen LogP contribution >= 0.6 is 0 Å². The first-order valence-electron chi connectivity index (χ1n) is 9.97. The Bertz CT molecular complexity index is 925. The van der Waals surface area contributed by atoms with E-state index >= 15 is 0 Å². The Labute approximate surface area is 169 Å². The number of carboxylic acid groups (broad SMARTS) is 1. The molecule has 1 saturated carbocycles. The van der Waals surface area contributed by atoms with E-state index in [0.717, 1.165) is 34.6 Å². The Kier molecular flexibility index (Phi) is 5.43. The van der Waals surface area contributed by atoms with Crippen molar-refractivity contribution in [1.29, 1.82) is 0 Å². The minimum absolute atomic E-state index is 0.0830. The molecule has 152 valence electrons. The number of hydrogen-bond donors (Lipinski definition) is 2. The molecule has 2 aliphatic rings. The zero-order valence-corrected chi connectivity index (χ0v) is 16.4. The molecule has 1 fully saturated rings. The van der Waals surface area contributed by atoms with Crippen LogP contribution in [-0.2, 0) is 16.0 Å². The number of carbonyl (C=O) groups excluding carboxylic acids is 1. The summed E-state index contributed by atoms with van der Waals surface area (Å²) in [6.45, 7) is 3.19. The van der Waals surface area contributed by atoms with Crippen LogP contribution in [0.15, 0.2) is 42.5 Å². The second-order valence-corrected chi connectivity index (χ2v) is 7.83. The van der Waals surface area contributed by atoms with Crippen LogP contribution in [0.4, 0.5) is 0 Å². The minimum atomic E-state index is -0.897. The molecule has 2 aromatic carbocycles. The Hall–Kier alpha value is -3.02. The topological polar surface area (TPSA) is 84.9 Å². The maximum atomic E-state index is 12.6. The van der Waals surface area contributed by atoms with Crippen molar-refractivity contribution in [3.63, 3.8) is 0 Å². The summed E-state index contributed by atoms with van der Waals surface area (Å²) in [5.74, 6) is -0.138. The van der Waals surface area contributed by atoms with Gasteiger partial charge in [0.1, 0.15) is 13.2 Å². The highest BCUT2D eigenvalue weighted by Gasteiger charge is 2.44. The first kappa shape index (κ1) is 19.3. The maximum Gasteiger partial charge on any atom is 0.308 e. The van der Waals surface area contributed by atoms with Crippen LogP contribution in [0.25, 0.3) is 0 Å². The number of aryl methyl sites for hydroxylation is 1. The number of nitrogens with one attached hydrogen (secondary N) is 1. The number of aliphatic carboxylic acids is 1. The lowest BCUT2D eigenvalue weighted by Crippen LogP contribution is -2.35. The molecule has 1 heterocycles. The van der Waals surface area contributed by atoms with E-state index in [0.29, 0.717) is 19.6 Å². The molecule has 0 spiro atoms. The van der Waals surface area contributed by atoms with Gasteiger partial charge in [-0.3, -0.25) is 9.59 Å². The fraction of sp³-hybridized carbons (Fsp3) is 0.391. The number of carbonyl (C=O) groups is 2. The normalized spacial score (nSPS) is 20.6. The van der Waals surface area contributed by atoms with E-state index in [1.54, 1.807) is 0 Å². The fourth-order valence-electron chi connectivity index (χ4n) is 3.87. The van der Waals surface area contributed by atoms with Gasteiger partial charge in [0.25, 0.3) is 0 Å². The van der Waals surface area contributed by atoms with Crippen molar-refractivity contribution in [3.8, 4) is 11.5 Å². The zero-order chi connectivity index (χ0) is 20.4. The molecule has 3 atom stereocenters. The van der Waals surface area contributed by atoms with Crippen LogP contribution in [0.3, 0.4) is 0 Å². The van der Waals surface area contributed by atoms with Crippen molar-refractivity contribution >= 4 is 11.9 Å². The van der Waals surface area contributed by atoms with E-state index in [1.165, 1.54) is 0 Å². The largest absolute Gasteiger partial charge is 0.486 e. The lowest BCUT2D eigenvalue weighted by Gasteiger charge is -2.19. The molecule has 0 radical (unpaired) electrons. The quantitative estimate of drug-likeness (QED) is 0.753. The summed E-state index contributed by atoms with van der Waals surface area (Å²) in [4.78, 5) is 24.2. The Morgan fingerprint density at radius 1 is 1.14 bits per heavy atom. The fourth-order valence-corrected chi connectivity index (χ4v) is 3.87. The molecule has 4 rings (SSSR count). The molecule has 2 N–H and O–H groups in total. The van der Waals surface area contributed by atoms with Gasteiger partial charge in [-0.2, -0.15) is 0 Å². The third-order valence-electron chi connectivity index (χ3n) is 5.56. The molecule has 3 unspecified atom stereocenters. The van der Waals surface area contributed by atoms with Gasteiger partial charge in [-0.15, -0.1) is 0 Å². The molecule has 0 bridgehead atoms. The van der Waals surface area contributed by atoms with E-state index in [9.17, 15) is 14.7 Å². The first-order valence-corrected chi connectivity index (χ1v) is 9.97. The van der Waals surface area contributed by atoms with Crippen LogP contribution in [0.1, 0.15) is 29.0 Å². The average molecular weight is 395 g/mol. The van der Waals surface area contributed by atoms with Gasteiger partial charge in [0, 0.05) is 12.5 Å². The summed E-state index contributed by atoms with van der Waals surface area (Å²) >= 11 is 0. The number of rotatable bonds is 7. The predicted molar refractivity (Wildman–Crippen MR) is 107 cm³/mol. The zero-order valence-electron chi connectivity index (χ0n) is 16.4. The van der Waals surface area contributed by atoms with Gasteiger partial charge in [0.05, 0.1) is 5.92 Å². The molecule has 6 heteroatoms. The molecule has 2 aromatic rings. The molecule has 1 aliphatic heterocycles. The van der Waals surface area contributed by atoms with Crippen LogP contribution in [0.5, 0.6) is 11.5 Å². The van der Waals surface area contributed by atoms with Crippen LogP contribution in [0, 0.1) is 18.8 Å². The summed E-state index contributed by atoms with van der Waals surface area (Å²) in [7, 11) is 0. The van der Waals surface area contributed by atoms with Crippen molar-refractivity contribution in [3.05, 3.63) is 59.2 Å². The number of amides is 1. The number of benzene rings is 2. The van der Waals surface area contributed by atoms with Gasteiger partial charge < -0.3 is 19.9 Å². The highest BCUT2D eigenvalue weighted by atomic mass is 16.6.